The molecule has 0 N–H and O–H groups in total. The number of benzene rings is 1. The van der Waals surface area contributed by atoms with Gasteiger partial charge in [0, 0.05) is 23.0 Å². The fraction of sp³-hybridized carbons (Fsp3) is 0.533. The van der Waals surface area contributed by atoms with Crippen molar-refractivity contribution in [2.45, 2.75) is 37.3 Å². The molecule has 0 saturated carbocycles. The molecule has 3 fully saturated rings. The lowest BCUT2D eigenvalue weighted by molar-refractivity contribution is -0.120. The van der Waals surface area contributed by atoms with E-state index >= 15 is 0 Å². The summed E-state index contributed by atoms with van der Waals surface area (Å²) in [5.41, 5.74) is 1.30. The molecule has 0 aliphatic carbocycles. The second kappa shape index (κ2) is 3.82. The molecule has 1 unspecified atom stereocenters. The predicted molar refractivity (Wildman–Crippen MR) is 70.8 cm³/mol. The smallest absolute Gasteiger partial charge is 0.152 e. The molecule has 3 aliphatic rings. The highest BCUT2D eigenvalue weighted by molar-refractivity contribution is 6.30. The molecule has 0 amide bonds. The molecular formula is C15H16ClNO. The first-order valence-corrected chi connectivity index (χ1v) is 7.16. The summed E-state index contributed by atoms with van der Waals surface area (Å²) in [5.74, 6) is 1.12. The molecule has 5 atom stereocenters. The Labute approximate surface area is 112 Å². The molecule has 3 heterocycles. The number of ketones is 1. The minimum atomic E-state index is 0.241. The van der Waals surface area contributed by atoms with Crippen molar-refractivity contribution < 1.29 is 4.79 Å². The van der Waals surface area contributed by atoms with Gasteiger partial charge in [-0.3, -0.25) is 9.69 Å². The number of Topliss-reactive ketones (excluding diaryl/α,β-unsaturated/α-hetero) is 1. The predicted octanol–water partition coefficient (Wildman–Crippen LogP) is 2.86. The second-order valence-electron chi connectivity index (χ2n) is 5.86. The Hall–Kier alpha value is -0.860. The van der Waals surface area contributed by atoms with Crippen LogP contribution in [0.4, 0.5) is 0 Å². The van der Waals surface area contributed by atoms with Crippen LogP contribution in [0.3, 0.4) is 0 Å². The highest BCUT2D eigenvalue weighted by atomic mass is 35.5. The van der Waals surface area contributed by atoms with Gasteiger partial charge >= 0.3 is 0 Å². The zero-order valence-corrected chi connectivity index (χ0v) is 10.9. The van der Waals surface area contributed by atoms with Crippen LogP contribution in [0.1, 0.15) is 30.7 Å². The Kier molecular flexibility index (Phi) is 2.33. The van der Waals surface area contributed by atoms with Crippen molar-refractivity contribution in [2.24, 2.45) is 5.92 Å². The summed E-state index contributed by atoms with van der Waals surface area (Å²) in [7, 11) is 0. The quantitative estimate of drug-likeness (QED) is 0.775. The second-order valence-corrected chi connectivity index (χ2v) is 6.29. The third kappa shape index (κ3) is 1.42. The van der Waals surface area contributed by atoms with E-state index in [1.807, 2.05) is 12.1 Å². The van der Waals surface area contributed by atoms with Crippen molar-refractivity contribution >= 4 is 17.4 Å². The third-order valence-corrected chi connectivity index (χ3v) is 5.33. The minimum Gasteiger partial charge on any atom is -0.298 e. The maximum atomic E-state index is 12.2. The van der Waals surface area contributed by atoms with Gasteiger partial charge in [-0.1, -0.05) is 23.7 Å². The first kappa shape index (κ1) is 11.0. The molecule has 3 aliphatic heterocycles. The Morgan fingerprint density at radius 3 is 2.72 bits per heavy atom. The molecule has 4 bridgehead atoms. The molecule has 4 rings (SSSR count). The van der Waals surface area contributed by atoms with Crippen LogP contribution in [-0.2, 0) is 4.79 Å². The number of halogens is 1. The lowest BCUT2D eigenvalue weighted by atomic mass is 9.77. The Balaban J connectivity index is 1.73. The van der Waals surface area contributed by atoms with E-state index in [1.165, 1.54) is 18.4 Å². The summed E-state index contributed by atoms with van der Waals surface area (Å²) in [4.78, 5) is 14.7. The Bertz CT molecular complexity index is 498. The molecule has 2 nitrogen and oxygen atoms in total. The van der Waals surface area contributed by atoms with E-state index in [0.29, 0.717) is 30.3 Å². The van der Waals surface area contributed by atoms with Crippen molar-refractivity contribution in [3.05, 3.63) is 34.9 Å². The van der Waals surface area contributed by atoms with E-state index in [0.717, 1.165) is 11.4 Å². The first-order chi connectivity index (χ1) is 8.74. The van der Waals surface area contributed by atoms with Crippen LogP contribution in [0.5, 0.6) is 0 Å². The molecule has 0 spiro atoms. The summed E-state index contributed by atoms with van der Waals surface area (Å²) < 4.78 is 0. The summed E-state index contributed by atoms with van der Waals surface area (Å²) >= 11 is 5.95. The molecule has 94 valence electrons. The molecule has 18 heavy (non-hydrogen) atoms. The van der Waals surface area contributed by atoms with E-state index in [1.54, 1.807) is 0 Å². The summed E-state index contributed by atoms with van der Waals surface area (Å²) in [6.07, 6.45) is 3.64. The number of piperidine rings is 1. The minimum absolute atomic E-state index is 0.241. The Morgan fingerprint density at radius 1 is 1.17 bits per heavy atom. The molecular weight excluding hydrogens is 246 g/mol. The first-order valence-electron chi connectivity index (χ1n) is 6.78. The van der Waals surface area contributed by atoms with Crippen LogP contribution in [0.2, 0.25) is 5.02 Å². The van der Waals surface area contributed by atoms with E-state index < -0.39 is 0 Å². The number of nitrogens with zero attached hydrogens (tertiary/aromatic N) is 1. The van der Waals surface area contributed by atoms with E-state index in [4.69, 9.17) is 11.6 Å². The zero-order chi connectivity index (χ0) is 12.3. The lowest BCUT2D eigenvalue weighted by Gasteiger charge is -2.36. The molecule has 3 heteroatoms. The maximum Gasteiger partial charge on any atom is 0.152 e. The third-order valence-electron chi connectivity index (χ3n) is 5.07. The topological polar surface area (TPSA) is 20.3 Å². The van der Waals surface area contributed by atoms with E-state index in [9.17, 15) is 4.79 Å². The number of hydrogen-bond acceptors (Lipinski definition) is 2. The van der Waals surface area contributed by atoms with Crippen molar-refractivity contribution in [3.63, 3.8) is 0 Å². The van der Waals surface area contributed by atoms with Gasteiger partial charge in [0.2, 0.25) is 0 Å². The molecule has 1 aromatic rings. The number of rotatable bonds is 1. The van der Waals surface area contributed by atoms with Crippen molar-refractivity contribution in [1.82, 2.24) is 4.90 Å². The molecule has 0 aromatic heterocycles. The van der Waals surface area contributed by atoms with Gasteiger partial charge in [0.15, 0.2) is 5.78 Å². The standard InChI is InChI=1S/C15H16ClNO/c16-10-3-1-9(2-4-10)12-7-11-5-6-13-15(12)14(18)8-17(11)13/h1-4,11-13,15H,5-8H2/t11-,12-,13+,15-/m0/s1. The largest absolute Gasteiger partial charge is 0.298 e. The van der Waals surface area contributed by atoms with Crippen molar-refractivity contribution in [1.29, 1.82) is 0 Å². The van der Waals surface area contributed by atoms with Gasteiger partial charge in [-0.05, 0) is 42.9 Å². The SMILES string of the molecule is O=C1CN2[C@H]3CC[C@@H]2[C@@H]1[C@H](c1ccc(Cl)cc1)C3. The monoisotopic (exact) mass is 261 g/mol. The summed E-state index contributed by atoms with van der Waals surface area (Å²) in [5, 5.41) is 0.775. The summed E-state index contributed by atoms with van der Waals surface area (Å²) in [6, 6.07) is 9.27. The highest BCUT2D eigenvalue weighted by Crippen LogP contribution is 2.50. The van der Waals surface area contributed by atoms with Gasteiger partial charge in [0.25, 0.3) is 0 Å². The normalized spacial score (nSPS) is 41.4. The number of carbonyl (C=O) groups is 1. The average Bonchev–Trinajstić information content (AvgIpc) is 2.76. The van der Waals surface area contributed by atoms with Gasteiger partial charge in [0.05, 0.1) is 6.54 Å². The number of hydrogen-bond donors (Lipinski definition) is 0. The van der Waals surface area contributed by atoms with Crippen LogP contribution in [0.25, 0.3) is 0 Å². The highest BCUT2D eigenvalue weighted by Gasteiger charge is 2.55. The van der Waals surface area contributed by atoms with Crippen molar-refractivity contribution in [2.75, 3.05) is 6.54 Å². The van der Waals surface area contributed by atoms with Gasteiger partial charge in [-0.2, -0.15) is 0 Å². The lowest BCUT2D eigenvalue weighted by Crippen LogP contribution is -2.40. The van der Waals surface area contributed by atoms with Crippen LogP contribution in [0, 0.1) is 5.92 Å². The van der Waals surface area contributed by atoms with Crippen molar-refractivity contribution in [3.8, 4) is 0 Å². The van der Waals surface area contributed by atoms with Crippen LogP contribution in [-0.4, -0.2) is 29.3 Å². The van der Waals surface area contributed by atoms with Gasteiger partial charge in [-0.15, -0.1) is 0 Å². The maximum absolute atomic E-state index is 12.2. The summed E-state index contributed by atoms with van der Waals surface area (Å²) in [6.45, 7) is 0.699. The Morgan fingerprint density at radius 2 is 1.94 bits per heavy atom. The van der Waals surface area contributed by atoms with Gasteiger partial charge in [-0.25, -0.2) is 0 Å². The fourth-order valence-corrected chi connectivity index (χ4v) is 4.46. The molecule has 0 radical (unpaired) electrons. The van der Waals surface area contributed by atoms with E-state index in [2.05, 4.69) is 17.0 Å². The zero-order valence-electron chi connectivity index (χ0n) is 10.2. The molecule has 1 aromatic carbocycles. The molecule has 3 saturated heterocycles. The average molecular weight is 262 g/mol. The van der Waals surface area contributed by atoms with Gasteiger partial charge in [0.1, 0.15) is 0 Å². The van der Waals surface area contributed by atoms with Crippen LogP contribution >= 0.6 is 11.6 Å². The fourth-order valence-electron chi connectivity index (χ4n) is 4.34. The van der Waals surface area contributed by atoms with E-state index in [-0.39, 0.29) is 5.92 Å². The number of carbonyl (C=O) groups excluding carboxylic acids is 1. The van der Waals surface area contributed by atoms with Gasteiger partial charge < -0.3 is 0 Å². The van der Waals surface area contributed by atoms with Crippen LogP contribution in [0.15, 0.2) is 24.3 Å². The van der Waals surface area contributed by atoms with Crippen LogP contribution < -0.4 is 0 Å².